The Balaban J connectivity index is 2.03. The van der Waals surface area contributed by atoms with Crippen molar-refractivity contribution in [1.82, 2.24) is 4.57 Å². The maximum absolute atomic E-state index is 12.1. The molecule has 0 bridgehead atoms. The summed E-state index contributed by atoms with van der Waals surface area (Å²) in [6.45, 7) is 0.912. The number of para-hydroxylation sites is 1. The van der Waals surface area contributed by atoms with E-state index in [0.717, 1.165) is 17.4 Å². The minimum atomic E-state index is -0.809. The maximum Gasteiger partial charge on any atom is 0.379 e. The molecule has 1 aliphatic rings. The average molecular weight is 271 g/mol. The van der Waals surface area contributed by atoms with Crippen LogP contribution in [0.2, 0.25) is 0 Å². The molecular formula is C16H17NO3. The summed E-state index contributed by atoms with van der Waals surface area (Å²) < 4.78 is 6.63. The van der Waals surface area contributed by atoms with Gasteiger partial charge in [-0.2, -0.15) is 0 Å². The van der Waals surface area contributed by atoms with Crippen molar-refractivity contribution in [3.63, 3.8) is 0 Å². The molecule has 0 spiro atoms. The third-order valence-corrected chi connectivity index (χ3v) is 4.08. The Hall–Kier alpha value is -2.10. The standard InChI is InChI=1S/C16H17NO3/c1-20-16(19)15(18)13-10-17(9-11-5-4-6-11)14-8-3-2-7-12(13)14/h2-3,7-8,10-11H,4-6,9H2,1H3. The van der Waals surface area contributed by atoms with Crippen LogP contribution < -0.4 is 0 Å². The molecule has 1 saturated carbocycles. The zero-order valence-electron chi connectivity index (χ0n) is 11.5. The Kier molecular flexibility index (Phi) is 3.30. The van der Waals surface area contributed by atoms with Crippen LogP contribution >= 0.6 is 0 Å². The van der Waals surface area contributed by atoms with Crippen LogP contribution in [0.15, 0.2) is 30.5 Å². The molecule has 1 fully saturated rings. The van der Waals surface area contributed by atoms with Crippen LogP contribution in [0.5, 0.6) is 0 Å². The smallest absolute Gasteiger partial charge is 0.379 e. The zero-order chi connectivity index (χ0) is 14.1. The molecule has 0 N–H and O–H groups in total. The molecule has 4 nitrogen and oxygen atoms in total. The molecule has 4 heteroatoms. The van der Waals surface area contributed by atoms with Gasteiger partial charge in [-0.25, -0.2) is 4.79 Å². The topological polar surface area (TPSA) is 48.3 Å². The fourth-order valence-electron chi connectivity index (χ4n) is 2.73. The van der Waals surface area contributed by atoms with Crippen molar-refractivity contribution in [1.29, 1.82) is 0 Å². The number of nitrogens with zero attached hydrogens (tertiary/aromatic N) is 1. The molecule has 3 rings (SSSR count). The summed E-state index contributed by atoms with van der Waals surface area (Å²) in [6.07, 6.45) is 5.57. The summed E-state index contributed by atoms with van der Waals surface area (Å²) >= 11 is 0. The van der Waals surface area contributed by atoms with Gasteiger partial charge in [0, 0.05) is 23.6 Å². The molecule has 0 unspecified atom stereocenters. The van der Waals surface area contributed by atoms with Gasteiger partial charge in [0.15, 0.2) is 0 Å². The van der Waals surface area contributed by atoms with E-state index >= 15 is 0 Å². The van der Waals surface area contributed by atoms with Gasteiger partial charge in [0.1, 0.15) is 0 Å². The van der Waals surface area contributed by atoms with Gasteiger partial charge in [-0.05, 0) is 24.8 Å². The normalized spacial score (nSPS) is 15.1. The average Bonchev–Trinajstić information content (AvgIpc) is 2.80. The van der Waals surface area contributed by atoms with E-state index in [0.29, 0.717) is 11.5 Å². The number of ether oxygens (including phenoxy) is 1. The number of rotatable bonds is 4. The predicted octanol–water partition coefficient (Wildman–Crippen LogP) is 2.80. The predicted molar refractivity (Wildman–Crippen MR) is 75.6 cm³/mol. The molecule has 2 aromatic rings. The molecule has 1 aromatic carbocycles. The lowest BCUT2D eigenvalue weighted by Gasteiger charge is -2.26. The Bertz CT molecular complexity index is 667. The van der Waals surface area contributed by atoms with Gasteiger partial charge in [-0.1, -0.05) is 24.6 Å². The van der Waals surface area contributed by atoms with E-state index in [-0.39, 0.29) is 0 Å². The van der Waals surface area contributed by atoms with Crippen LogP contribution in [-0.4, -0.2) is 23.4 Å². The molecule has 0 amide bonds. The van der Waals surface area contributed by atoms with E-state index in [9.17, 15) is 9.59 Å². The van der Waals surface area contributed by atoms with Gasteiger partial charge in [-0.15, -0.1) is 0 Å². The lowest BCUT2D eigenvalue weighted by Crippen LogP contribution is -2.18. The lowest BCUT2D eigenvalue weighted by molar-refractivity contribution is -0.135. The quantitative estimate of drug-likeness (QED) is 0.488. The van der Waals surface area contributed by atoms with Crippen molar-refractivity contribution < 1.29 is 14.3 Å². The summed E-state index contributed by atoms with van der Waals surface area (Å²) in [5.41, 5.74) is 1.44. The Labute approximate surface area is 117 Å². The highest BCUT2D eigenvalue weighted by molar-refractivity contribution is 6.42. The van der Waals surface area contributed by atoms with Crippen LogP contribution in [0, 0.1) is 5.92 Å². The molecule has 0 radical (unpaired) electrons. The fourth-order valence-corrected chi connectivity index (χ4v) is 2.73. The van der Waals surface area contributed by atoms with Gasteiger partial charge < -0.3 is 9.30 Å². The van der Waals surface area contributed by atoms with Gasteiger partial charge in [0.05, 0.1) is 12.7 Å². The van der Waals surface area contributed by atoms with Crippen molar-refractivity contribution >= 4 is 22.7 Å². The maximum atomic E-state index is 12.1. The summed E-state index contributed by atoms with van der Waals surface area (Å²) in [7, 11) is 1.23. The summed E-state index contributed by atoms with van der Waals surface area (Å²) in [6, 6.07) is 7.70. The van der Waals surface area contributed by atoms with Crippen molar-refractivity contribution in [3.8, 4) is 0 Å². The van der Waals surface area contributed by atoms with E-state index in [1.165, 1.54) is 26.4 Å². The highest BCUT2D eigenvalue weighted by Crippen LogP contribution is 2.30. The summed E-state index contributed by atoms with van der Waals surface area (Å²) in [5.74, 6) is -0.695. The van der Waals surface area contributed by atoms with E-state index in [1.807, 2.05) is 24.3 Å². The lowest BCUT2D eigenvalue weighted by atomic mass is 9.85. The molecular weight excluding hydrogens is 254 g/mol. The van der Waals surface area contributed by atoms with Crippen LogP contribution in [0.1, 0.15) is 29.6 Å². The van der Waals surface area contributed by atoms with E-state index < -0.39 is 11.8 Å². The second kappa shape index (κ2) is 5.12. The van der Waals surface area contributed by atoms with E-state index in [2.05, 4.69) is 9.30 Å². The third-order valence-electron chi connectivity index (χ3n) is 4.08. The largest absolute Gasteiger partial charge is 0.463 e. The minimum absolute atomic E-state index is 0.437. The molecule has 0 atom stereocenters. The Morgan fingerprint density at radius 1 is 1.30 bits per heavy atom. The van der Waals surface area contributed by atoms with Gasteiger partial charge in [0.2, 0.25) is 0 Å². The highest BCUT2D eigenvalue weighted by atomic mass is 16.5. The SMILES string of the molecule is COC(=O)C(=O)c1cn(CC2CCC2)c2ccccc12. The number of aromatic nitrogens is 1. The monoisotopic (exact) mass is 271 g/mol. The summed E-state index contributed by atoms with van der Waals surface area (Å²) in [5, 5.41) is 0.822. The number of carbonyl (C=O) groups excluding carboxylic acids is 2. The highest BCUT2D eigenvalue weighted by Gasteiger charge is 2.24. The van der Waals surface area contributed by atoms with Crippen molar-refractivity contribution in [2.45, 2.75) is 25.8 Å². The molecule has 0 saturated heterocycles. The van der Waals surface area contributed by atoms with Gasteiger partial charge in [0.25, 0.3) is 5.78 Å². The number of ketones is 1. The molecule has 1 aliphatic carbocycles. The number of benzene rings is 1. The number of fused-ring (bicyclic) bond motifs is 1. The molecule has 20 heavy (non-hydrogen) atoms. The van der Waals surface area contributed by atoms with Crippen LogP contribution in [-0.2, 0) is 16.1 Å². The molecule has 0 aliphatic heterocycles. The molecule has 1 heterocycles. The van der Waals surface area contributed by atoms with E-state index in [1.54, 1.807) is 6.20 Å². The molecule has 1 aromatic heterocycles. The Morgan fingerprint density at radius 2 is 2.05 bits per heavy atom. The second-order valence-corrected chi connectivity index (χ2v) is 5.33. The van der Waals surface area contributed by atoms with Crippen LogP contribution in [0.25, 0.3) is 10.9 Å². The number of methoxy groups -OCH3 is 1. The first kappa shape index (κ1) is 12.9. The van der Waals surface area contributed by atoms with E-state index in [4.69, 9.17) is 0 Å². The fraction of sp³-hybridized carbons (Fsp3) is 0.375. The first-order valence-electron chi connectivity index (χ1n) is 6.91. The van der Waals surface area contributed by atoms with Crippen molar-refractivity contribution in [3.05, 3.63) is 36.0 Å². The number of Topliss-reactive ketones (excluding diaryl/α,β-unsaturated/α-hetero) is 1. The second-order valence-electron chi connectivity index (χ2n) is 5.33. The minimum Gasteiger partial charge on any atom is -0.463 e. The number of hydrogen-bond acceptors (Lipinski definition) is 3. The van der Waals surface area contributed by atoms with Crippen molar-refractivity contribution in [2.75, 3.05) is 7.11 Å². The third kappa shape index (κ3) is 2.11. The number of hydrogen-bond donors (Lipinski definition) is 0. The van der Waals surface area contributed by atoms with Gasteiger partial charge >= 0.3 is 5.97 Å². The first-order chi connectivity index (χ1) is 9.70. The number of esters is 1. The number of carbonyl (C=O) groups is 2. The first-order valence-corrected chi connectivity index (χ1v) is 6.91. The van der Waals surface area contributed by atoms with Crippen LogP contribution in [0.3, 0.4) is 0 Å². The van der Waals surface area contributed by atoms with Crippen LogP contribution in [0.4, 0.5) is 0 Å². The van der Waals surface area contributed by atoms with Crippen molar-refractivity contribution in [2.24, 2.45) is 5.92 Å². The summed E-state index contributed by atoms with van der Waals surface area (Å²) in [4.78, 5) is 23.6. The zero-order valence-corrected chi connectivity index (χ0v) is 11.5. The van der Waals surface area contributed by atoms with Gasteiger partial charge in [-0.3, -0.25) is 4.79 Å². The Morgan fingerprint density at radius 3 is 2.70 bits per heavy atom. The molecule has 104 valence electrons.